The summed E-state index contributed by atoms with van der Waals surface area (Å²) in [5.41, 5.74) is 1.27. The second kappa shape index (κ2) is 4.01. The van der Waals surface area contributed by atoms with Crippen molar-refractivity contribution in [1.29, 1.82) is 0 Å². The summed E-state index contributed by atoms with van der Waals surface area (Å²) in [5.74, 6) is 0. The predicted molar refractivity (Wildman–Crippen MR) is 79.0 cm³/mol. The highest BCUT2D eigenvalue weighted by Crippen LogP contribution is 2.37. The van der Waals surface area contributed by atoms with Crippen molar-refractivity contribution < 1.29 is 9.31 Å². The van der Waals surface area contributed by atoms with Crippen LogP contribution in [0.5, 0.6) is 0 Å². The van der Waals surface area contributed by atoms with Gasteiger partial charge in [0.2, 0.25) is 0 Å². The minimum Gasteiger partial charge on any atom is -0.399 e. The lowest BCUT2D eigenvalue weighted by Gasteiger charge is -2.32. The molecule has 0 amide bonds. The first kappa shape index (κ1) is 13.0. The summed E-state index contributed by atoms with van der Waals surface area (Å²) < 4.78 is 12.2. The van der Waals surface area contributed by atoms with Gasteiger partial charge in [0.1, 0.15) is 0 Å². The van der Waals surface area contributed by atoms with Gasteiger partial charge in [-0.3, -0.25) is 0 Å². The largest absolute Gasteiger partial charge is 0.495 e. The van der Waals surface area contributed by atoms with Gasteiger partial charge in [0, 0.05) is 11.6 Å². The third-order valence-electron chi connectivity index (χ3n) is 4.21. The maximum Gasteiger partial charge on any atom is 0.495 e. The molecule has 0 bridgehead atoms. The van der Waals surface area contributed by atoms with Crippen molar-refractivity contribution in [3.05, 3.63) is 29.4 Å². The number of fused-ring (bicyclic) bond motifs is 1. The van der Waals surface area contributed by atoms with Gasteiger partial charge in [0.25, 0.3) is 0 Å². The summed E-state index contributed by atoms with van der Waals surface area (Å²) in [7, 11) is -0.361. The fourth-order valence-electron chi connectivity index (χ4n) is 2.32. The summed E-state index contributed by atoms with van der Waals surface area (Å²) in [5, 5.41) is 1.76. The molecule has 1 aliphatic rings. The van der Waals surface area contributed by atoms with Crippen LogP contribution >= 0.6 is 11.6 Å². The number of aromatic amines is 1. The number of hydrogen-bond acceptors (Lipinski definition) is 2. The van der Waals surface area contributed by atoms with Crippen LogP contribution in [0, 0.1) is 0 Å². The highest BCUT2D eigenvalue weighted by molar-refractivity contribution is 6.65. The van der Waals surface area contributed by atoms with Gasteiger partial charge in [0.15, 0.2) is 0 Å². The van der Waals surface area contributed by atoms with E-state index in [1.165, 1.54) is 0 Å². The number of halogens is 1. The van der Waals surface area contributed by atoms with E-state index < -0.39 is 0 Å². The van der Waals surface area contributed by atoms with Gasteiger partial charge >= 0.3 is 7.12 Å². The van der Waals surface area contributed by atoms with Gasteiger partial charge in [-0.1, -0.05) is 17.7 Å². The highest BCUT2D eigenvalue weighted by Gasteiger charge is 2.52. The minimum atomic E-state index is -0.361. The Labute approximate surface area is 118 Å². The molecule has 3 rings (SSSR count). The molecule has 0 atom stereocenters. The van der Waals surface area contributed by atoms with Crippen LogP contribution in [-0.2, 0) is 9.31 Å². The van der Waals surface area contributed by atoms with Crippen LogP contribution in [0.3, 0.4) is 0 Å². The Hall–Kier alpha value is -0.965. The van der Waals surface area contributed by atoms with E-state index in [1.54, 1.807) is 0 Å². The van der Waals surface area contributed by atoms with Gasteiger partial charge in [-0.05, 0) is 45.3 Å². The zero-order valence-electron chi connectivity index (χ0n) is 11.6. The standard InChI is InChI=1S/C14H17BClNO2/c1-13(2)14(3,4)19-15(18-13)10-5-6-11(16)12-9(10)7-8-17-12/h5-8,17H,1-4H3. The van der Waals surface area contributed by atoms with Crippen LogP contribution < -0.4 is 5.46 Å². The summed E-state index contributed by atoms with van der Waals surface area (Å²) >= 11 is 6.18. The van der Waals surface area contributed by atoms with Crippen LogP contribution in [-0.4, -0.2) is 23.3 Å². The molecule has 1 saturated heterocycles. The Bertz CT molecular complexity index is 619. The van der Waals surface area contributed by atoms with E-state index in [1.807, 2.05) is 24.4 Å². The highest BCUT2D eigenvalue weighted by atomic mass is 35.5. The monoisotopic (exact) mass is 277 g/mol. The molecule has 1 aliphatic heterocycles. The van der Waals surface area contributed by atoms with Gasteiger partial charge in [0.05, 0.1) is 21.7 Å². The fraction of sp³-hybridized carbons (Fsp3) is 0.429. The minimum absolute atomic E-state index is 0.333. The zero-order chi connectivity index (χ0) is 13.8. The van der Waals surface area contributed by atoms with Crippen molar-refractivity contribution in [2.24, 2.45) is 0 Å². The first-order chi connectivity index (χ1) is 8.82. The molecular weight excluding hydrogens is 260 g/mol. The number of rotatable bonds is 1. The molecule has 0 spiro atoms. The predicted octanol–water partition coefficient (Wildman–Crippen LogP) is 3.12. The molecule has 0 radical (unpaired) electrons. The smallest absolute Gasteiger partial charge is 0.399 e. The Kier molecular flexibility index (Phi) is 2.75. The van der Waals surface area contributed by atoms with Crippen molar-refractivity contribution >= 4 is 35.1 Å². The maximum absolute atomic E-state index is 6.18. The average Bonchev–Trinajstić information content (AvgIpc) is 2.84. The molecule has 100 valence electrons. The Balaban J connectivity index is 2.08. The Morgan fingerprint density at radius 1 is 1.05 bits per heavy atom. The SMILES string of the molecule is CC1(C)OB(c2ccc(Cl)c3[nH]ccc23)OC1(C)C. The van der Waals surface area contributed by atoms with Crippen LogP contribution in [0.2, 0.25) is 5.02 Å². The molecule has 2 heterocycles. The van der Waals surface area contributed by atoms with Crippen LogP contribution in [0.1, 0.15) is 27.7 Å². The number of benzene rings is 1. The second-order valence-electron chi connectivity index (χ2n) is 5.99. The van der Waals surface area contributed by atoms with Crippen molar-refractivity contribution in [3.8, 4) is 0 Å². The van der Waals surface area contributed by atoms with Crippen LogP contribution in [0.4, 0.5) is 0 Å². The number of hydrogen-bond donors (Lipinski definition) is 1. The van der Waals surface area contributed by atoms with E-state index in [-0.39, 0.29) is 18.3 Å². The van der Waals surface area contributed by atoms with Crippen LogP contribution in [0.25, 0.3) is 10.9 Å². The lowest BCUT2D eigenvalue weighted by Crippen LogP contribution is -2.41. The fourth-order valence-corrected chi connectivity index (χ4v) is 2.54. The van der Waals surface area contributed by atoms with Crippen molar-refractivity contribution in [3.63, 3.8) is 0 Å². The van der Waals surface area contributed by atoms with Gasteiger partial charge < -0.3 is 14.3 Å². The summed E-state index contributed by atoms with van der Waals surface area (Å²) in [6, 6.07) is 5.85. The topological polar surface area (TPSA) is 34.2 Å². The van der Waals surface area contributed by atoms with E-state index in [0.29, 0.717) is 5.02 Å². The average molecular weight is 278 g/mol. The number of H-pyrrole nitrogens is 1. The summed E-state index contributed by atoms with van der Waals surface area (Å²) in [4.78, 5) is 3.15. The zero-order valence-corrected chi connectivity index (χ0v) is 12.3. The molecule has 1 N–H and O–H groups in total. The molecule has 2 aromatic rings. The van der Waals surface area contributed by atoms with E-state index in [9.17, 15) is 0 Å². The third kappa shape index (κ3) is 1.90. The molecule has 0 aliphatic carbocycles. The number of aromatic nitrogens is 1. The molecule has 1 aromatic heterocycles. The molecule has 19 heavy (non-hydrogen) atoms. The van der Waals surface area contributed by atoms with Crippen molar-refractivity contribution in [1.82, 2.24) is 4.98 Å². The third-order valence-corrected chi connectivity index (χ3v) is 4.53. The maximum atomic E-state index is 6.18. The first-order valence-corrected chi connectivity index (χ1v) is 6.81. The lowest BCUT2D eigenvalue weighted by atomic mass is 9.77. The van der Waals surface area contributed by atoms with E-state index in [0.717, 1.165) is 16.4 Å². The number of nitrogens with one attached hydrogen (secondary N) is 1. The Morgan fingerprint density at radius 3 is 2.32 bits per heavy atom. The normalized spacial score (nSPS) is 21.2. The molecule has 1 aromatic carbocycles. The molecule has 1 fully saturated rings. The summed E-state index contributed by atoms with van der Waals surface area (Å²) in [6.45, 7) is 8.21. The van der Waals surface area contributed by atoms with E-state index in [2.05, 4.69) is 32.7 Å². The Morgan fingerprint density at radius 2 is 1.68 bits per heavy atom. The van der Waals surface area contributed by atoms with E-state index >= 15 is 0 Å². The molecule has 0 saturated carbocycles. The van der Waals surface area contributed by atoms with Gasteiger partial charge in [-0.2, -0.15) is 0 Å². The van der Waals surface area contributed by atoms with Gasteiger partial charge in [-0.15, -0.1) is 0 Å². The molecular formula is C14H17BClNO2. The quantitative estimate of drug-likeness (QED) is 0.813. The van der Waals surface area contributed by atoms with Crippen molar-refractivity contribution in [2.75, 3.05) is 0 Å². The molecule has 3 nitrogen and oxygen atoms in total. The molecule has 5 heteroatoms. The van der Waals surface area contributed by atoms with Gasteiger partial charge in [-0.25, -0.2) is 0 Å². The first-order valence-electron chi connectivity index (χ1n) is 6.43. The molecule has 0 unspecified atom stereocenters. The summed E-state index contributed by atoms with van der Waals surface area (Å²) in [6.07, 6.45) is 1.88. The lowest BCUT2D eigenvalue weighted by molar-refractivity contribution is 0.00578. The second-order valence-corrected chi connectivity index (χ2v) is 6.40. The van der Waals surface area contributed by atoms with E-state index in [4.69, 9.17) is 20.9 Å². The van der Waals surface area contributed by atoms with Crippen molar-refractivity contribution in [2.45, 2.75) is 38.9 Å². The van der Waals surface area contributed by atoms with Crippen LogP contribution in [0.15, 0.2) is 24.4 Å².